The van der Waals surface area contributed by atoms with Crippen molar-refractivity contribution in [1.29, 1.82) is 0 Å². The van der Waals surface area contributed by atoms with Crippen molar-refractivity contribution >= 4 is 23.8 Å². The first-order chi connectivity index (χ1) is 9.79. The Kier molecular flexibility index (Phi) is 5.52. The maximum absolute atomic E-state index is 12.7. The molecule has 104 valence electrons. The van der Waals surface area contributed by atoms with Gasteiger partial charge >= 0.3 is 0 Å². The fourth-order valence-electron chi connectivity index (χ4n) is 1.48. The van der Waals surface area contributed by atoms with Gasteiger partial charge in [0.1, 0.15) is 11.6 Å². The van der Waals surface area contributed by atoms with Gasteiger partial charge in [0.25, 0.3) is 0 Å². The number of rotatable bonds is 6. The Balaban J connectivity index is 2.01. The van der Waals surface area contributed by atoms with Crippen LogP contribution in [0.5, 0.6) is 0 Å². The van der Waals surface area contributed by atoms with Gasteiger partial charge in [-0.15, -0.1) is 11.8 Å². The first-order valence-corrected chi connectivity index (χ1v) is 7.01. The van der Waals surface area contributed by atoms with Gasteiger partial charge in [-0.1, -0.05) is 18.2 Å². The van der Waals surface area contributed by atoms with Crippen LogP contribution in [0, 0.1) is 5.82 Å². The van der Waals surface area contributed by atoms with Gasteiger partial charge in [0.2, 0.25) is 0 Å². The Hall–Kier alpha value is -1.92. The van der Waals surface area contributed by atoms with Crippen molar-refractivity contribution in [3.63, 3.8) is 0 Å². The predicted octanol–water partition coefficient (Wildman–Crippen LogP) is 2.75. The summed E-state index contributed by atoms with van der Waals surface area (Å²) >= 11 is 1.56. The fourth-order valence-corrected chi connectivity index (χ4v) is 2.26. The maximum atomic E-state index is 12.7. The summed E-state index contributed by atoms with van der Waals surface area (Å²) in [4.78, 5) is 4.88. The highest BCUT2D eigenvalue weighted by Crippen LogP contribution is 2.20. The van der Waals surface area contributed by atoms with Crippen LogP contribution in [-0.2, 0) is 0 Å². The largest absolute Gasteiger partial charge is 0.396 e. The van der Waals surface area contributed by atoms with Gasteiger partial charge in [-0.05, 0) is 18.2 Å². The minimum absolute atomic E-state index is 0.133. The van der Waals surface area contributed by atoms with Crippen molar-refractivity contribution in [2.45, 2.75) is 4.90 Å². The Morgan fingerprint density at radius 3 is 2.90 bits per heavy atom. The number of pyridine rings is 1. The van der Waals surface area contributed by atoms with Crippen molar-refractivity contribution in [2.75, 3.05) is 17.8 Å². The second-order valence-electron chi connectivity index (χ2n) is 3.84. The molecule has 1 aromatic carbocycles. The molecule has 0 aliphatic carbocycles. The highest BCUT2D eigenvalue weighted by Gasteiger charge is 1.99. The normalized spacial score (nSPS) is 10.9. The molecular formula is C14H14FN3OS. The molecule has 2 rings (SSSR count). The lowest BCUT2D eigenvalue weighted by Gasteiger charge is -2.04. The number of benzene rings is 1. The Bertz CT molecular complexity index is 575. The van der Waals surface area contributed by atoms with Gasteiger partial charge in [0.05, 0.1) is 19.0 Å². The van der Waals surface area contributed by atoms with Gasteiger partial charge in [-0.3, -0.25) is 5.43 Å². The number of hydrogen-bond donors (Lipinski definition) is 2. The maximum Gasteiger partial charge on any atom is 0.146 e. The number of aromatic nitrogens is 1. The van der Waals surface area contributed by atoms with Gasteiger partial charge < -0.3 is 5.11 Å². The number of nitrogens with one attached hydrogen (secondary N) is 1. The van der Waals surface area contributed by atoms with Crippen LogP contribution in [0.25, 0.3) is 0 Å². The average molecular weight is 291 g/mol. The molecule has 0 saturated carbocycles. The van der Waals surface area contributed by atoms with E-state index in [4.69, 9.17) is 5.11 Å². The lowest BCUT2D eigenvalue weighted by atomic mass is 10.2. The van der Waals surface area contributed by atoms with E-state index in [0.717, 1.165) is 16.7 Å². The van der Waals surface area contributed by atoms with Crippen molar-refractivity contribution in [3.8, 4) is 0 Å². The Labute approximate surface area is 120 Å². The zero-order valence-corrected chi connectivity index (χ0v) is 11.5. The fraction of sp³-hybridized carbons (Fsp3) is 0.143. The number of aliphatic hydroxyl groups is 1. The monoisotopic (exact) mass is 291 g/mol. The highest BCUT2D eigenvalue weighted by molar-refractivity contribution is 7.99. The number of nitrogens with zero attached hydrogens (tertiary/aromatic N) is 2. The molecule has 0 amide bonds. The standard InChI is InChI=1S/C14H14FN3OS/c15-12-5-6-14(16-10-12)18-17-9-11-3-1-2-4-13(11)20-8-7-19/h1-6,9-10,19H,7-8H2,(H,16,18)/b17-9+. The second kappa shape index (κ2) is 7.62. The summed E-state index contributed by atoms with van der Waals surface area (Å²) in [5.74, 6) is 0.728. The Morgan fingerprint density at radius 2 is 2.15 bits per heavy atom. The third kappa shape index (κ3) is 4.32. The van der Waals surface area contributed by atoms with E-state index in [1.54, 1.807) is 18.0 Å². The lowest BCUT2D eigenvalue weighted by molar-refractivity contribution is 0.322. The summed E-state index contributed by atoms with van der Waals surface area (Å²) in [7, 11) is 0. The van der Waals surface area contributed by atoms with Crippen LogP contribution in [0.2, 0.25) is 0 Å². The van der Waals surface area contributed by atoms with Gasteiger partial charge in [0.15, 0.2) is 0 Å². The molecule has 6 heteroatoms. The van der Waals surface area contributed by atoms with E-state index in [1.807, 2.05) is 24.3 Å². The van der Waals surface area contributed by atoms with Crippen LogP contribution in [-0.4, -0.2) is 28.7 Å². The van der Waals surface area contributed by atoms with Gasteiger partial charge in [-0.25, -0.2) is 9.37 Å². The summed E-state index contributed by atoms with van der Waals surface area (Å²) in [6.45, 7) is 0.133. The summed E-state index contributed by atoms with van der Waals surface area (Å²) in [6.07, 6.45) is 2.80. The molecule has 0 bridgehead atoms. The minimum Gasteiger partial charge on any atom is -0.396 e. The summed E-state index contributed by atoms with van der Waals surface area (Å²) in [5.41, 5.74) is 3.68. The van der Waals surface area contributed by atoms with Crippen LogP contribution in [0.15, 0.2) is 52.6 Å². The van der Waals surface area contributed by atoms with E-state index in [0.29, 0.717) is 11.6 Å². The molecule has 0 atom stereocenters. The molecule has 1 aromatic heterocycles. The third-order valence-electron chi connectivity index (χ3n) is 2.38. The first-order valence-electron chi connectivity index (χ1n) is 6.03. The van der Waals surface area contributed by atoms with Crippen molar-refractivity contribution in [3.05, 3.63) is 54.0 Å². The van der Waals surface area contributed by atoms with Crippen molar-refractivity contribution in [1.82, 2.24) is 4.98 Å². The first kappa shape index (κ1) is 14.5. The molecule has 0 radical (unpaired) electrons. The number of halogens is 1. The quantitative estimate of drug-likeness (QED) is 0.488. The van der Waals surface area contributed by atoms with Crippen LogP contribution >= 0.6 is 11.8 Å². The number of aliphatic hydroxyl groups excluding tert-OH is 1. The van der Waals surface area contributed by atoms with E-state index in [1.165, 1.54) is 12.1 Å². The van der Waals surface area contributed by atoms with Crippen molar-refractivity contribution < 1.29 is 9.50 Å². The molecule has 0 aliphatic heterocycles. The van der Waals surface area contributed by atoms with E-state index < -0.39 is 0 Å². The molecular weight excluding hydrogens is 277 g/mol. The molecule has 0 unspecified atom stereocenters. The molecule has 2 N–H and O–H groups in total. The summed E-state index contributed by atoms with van der Waals surface area (Å²) in [6, 6.07) is 10.6. The Morgan fingerprint density at radius 1 is 1.30 bits per heavy atom. The molecule has 2 aromatic rings. The highest BCUT2D eigenvalue weighted by atomic mass is 32.2. The smallest absolute Gasteiger partial charge is 0.146 e. The van der Waals surface area contributed by atoms with E-state index in [9.17, 15) is 4.39 Å². The van der Waals surface area contributed by atoms with Gasteiger partial charge in [0, 0.05) is 16.2 Å². The molecule has 0 spiro atoms. The van der Waals surface area contributed by atoms with E-state index in [2.05, 4.69) is 15.5 Å². The van der Waals surface area contributed by atoms with Crippen LogP contribution < -0.4 is 5.43 Å². The predicted molar refractivity (Wildman–Crippen MR) is 79.7 cm³/mol. The summed E-state index contributed by atoms with van der Waals surface area (Å²) < 4.78 is 12.7. The van der Waals surface area contributed by atoms with Crippen molar-refractivity contribution in [2.24, 2.45) is 5.10 Å². The zero-order valence-electron chi connectivity index (χ0n) is 10.7. The number of hydrogen-bond acceptors (Lipinski definition) is 5. The molecule has 4 nitrogen and oxygen atoms in total. The molecule has 1 heterocycles. The number of thioether (sulfide) groups is 1. The molecule has 0 fully saturated rings. The van der Waals surface area contributed by atoms with Crippen LogP contribution in [0.4, 0.5) is 10.2 Å². The third-order valence-corrected chi connectivity index (χ3v) is 3.45. The number of hydrazone groups is 1. The molecule has 0 aliphatic rings. The second-order valence-corrected chi connectivity index (χ2v) is 4.98. The minimum atomic E-state index is -0.384. The SMILES string of the molecule is OCCSc1ccccc1/C=N/Nc1ccc(F)cn1. The van der Waals surface area contributed by atoms with Gasteiger partial charge in [-0.2, -0.15) is 5.10 Å². The number of anilines is 1. The topological polar surface area (TPSA) is 57.5 Å². The van der Waals surface area contributed by atoms with Crippen LogP contribution in [0.1, 0.15) is 5.56 Å². The summed E-state index contributed by atoms with van der Waals surface area (Å²) in [5, 5.41) is 12.9. The average Bonchev–Trinajstić information content (AvgIpc) is 2.48. The lowest BCUT2D eigenvalue weighted by Crippen LogP contribution is -1.95. The zero-order chi connectivity index (χ0) is 14.2. The van der Waals surface area contributed by atoms with E-state index in [-0.39, 0.29) is 12.4 Å². The molecule has 0 saturated heterocycles. The van der Waals surface area contributed by atoms with E-state index >= 15 is 0 Å². The molecule has 20 heavy (non-hydrogen) atoms. The van der Waals surface area contributed by atoms with Crippen LogP contribution in [0.3, 0.4) is 0 Å².